The first kappa shape index (κ1) is 26.5. The minimum Gasteiger partial charge on any atom is -0.386 e. The standard InChI is InChI=1S/C22H31ClF3NO3/c1-6-7-13(2)8-9-14(3)21(29)19(30-15(4)28)12-16-10-17(22(24,25)26)20(27-5)18(23)11-16/h10-11,13,15,19,27-28H,3,6-9,12H2,1-2,4-5H3/t13?,15?,19-/m1/s1. The summed E-state index contributed by atoms with van der Waals surface area (Å²) in [6, 6.07) is 2.30. The third-order valence-electron chi connectivity index (χ3n) is 4.85. The molecule has 2 unspecified atom stereocenters. The van der Waals surface area contributed by atoms with E-state index in [2.05, 4.69) is 25.7 Å². The number of alkyl halides is 3. The molecule has 4 nitrogen and oxygen atoms in total. The van der Waals surface area contributed by atoms with Crippen LogP contribution in [-0.2, 0) is 22.1 Å². The van der Waals surface area contributed by atoms with E-state index in [9.17, 15) is 23.1 Å². The fraction of sp³-hybridized carbons (Fsp3) is 0.591. The number of ether oxygens (including phenoxy) is 1. The SMILES string of the molecule is C=C(CCC(C)CCC)C(=O)[C@@H](Cc1cc(Cl)c(NC)c(C(F)(F)F)c1)OC(C)O. The number of aliphatic hydroxyl groups is 1. The molecular weight excluding hydrogens is 419 g/mol. The van der Waals surface area contributed by atoms with Crippen LogP contribution in [-0.4, -0.2) is 30.3 Å². The molecule has 0 aliphatic heterocycles. The molecule has 0 spiro atoms. The number of anilines is 1. The van der Waals surface area contributed by atoms with Gasteiger partial charge in [-0.15, -0.1) is 0 Å². The van der Waals surface area contributed by atoms with Crippen molar-refractivity contribution in [1.82, 2.24) is 0 Å². The Morgan fingerprint density at radius 2 is 1.93 bits per heavy atom. The molecule has 170 valence electrons. The third-order valence-corrected chi connectivity index (χ3v) is 5.15. The van der Waals surface area contributed by atoms with Gasteiger partial charge in [-0.2, -0.15) is 13.2 Å². The van der Waals surface area contributed by atoms with Crippen molar-refractivity contribution >= 4 is 23.1 Å². The van der Waals surface area contributed by atoms with Crippen LogP contribution in [0.25, 0.3) is 0 Å². The summed E-state index contributed by atoms with van der Waals surface area (Å²) in [6.07, 6.45) is -3.89. The highest BCUT2D eigenvalue weighted by molar-refractivity contribution is 6.33. The molecule has 8 heteroatoms. The molecule has 1 rings (SSSR count). The number of aliphatic hydroxyl groups excluding tert-OH is 1. The minimum absolute atomic E-state index is 0.113. The molecule has 3 atom stereocenters. The molecule has 0 amide bonds. The summed E-state index contributed by atoms with van der Waals surface area (Å²) in [5.74, 6) is -0.0000972. The van der Waals surface area contributed by atoms with Gasteiger partial charge in [-0.3, -0.25) is 4.79 Å². The Morgan fingerprint density at radius 3 is 2.43 bits per heavy atom. The summed E-state index contributed by atoms with van der Waals surface area (Å²) >= 11 is 6.03. The van der Waals surface area contributed by atoms with Crippen LogP contribution in [0.2, 0.25) is 5.02 Å². The highest BCUT2D eigenvalue weighted by Crippen LogP contribution is 2.39. The zero-order valence-electron chi connectivity index (χ0n) is 17.9. The normalized spacial score (nSPS) is 14.8. The van der Waals surface area contributed by atoms with Crippen molar-refractivity contribution < 1.29 is 27.8 Å². The number of hydrogen-bond donors (Lipinski definition) is 2. The van der Waals surface area contributed by atoms with Crippen LogP contribution in [0.5, 0.6) is 0 Å². The third kappa shape index (κ3) is 7.93. The maximum atomic E-state index is 13.4. The first-order chi connectivity index (χ1) is 13.9. The van der Waals surface area contributed by atoms with E-state index in [1.54, 1.807) is 0 Å². The van der Waals surface area contributed by atoms with Gasteiger partial charge in [0, 0.05) is 13.5 Å². The largest absolute Gasteiger partial charge is 0.418 e. The smallest absolute Gasteiger partial charge is 0.386 e. The number of ketones is 1. The molecule has 1 aromatic rings. The fourth-order valence-electron chi connectivity index (χ4n) is 3.32. The molecule has 1 aromatic carbocycles. The predicted octanol–water partition coefficient (Wildman–Crippen LogP) is 6.01. The topological polar surface area (TPSA) is 58.6 Å². The number of carbonyl (C=O) groups is 1. The Kier molecular flexibility index (Phi) is 10.3. The van der Waals surface area contributed by atoms with Crippen molar-refractivity contribution in [2.45, 2.75) is 71.4 Å². The summed E-state index contributed by atoms with van der Waals surface area (Å²) in [5, 5.41) is 12.0. The summed E-state index contributed by atoms with van der Waals surface area (Å²) in [7, 11) is 1.35. The number of halogens is 4. The predicted molar refractivity (Wildman–Crippen MR) is 114 cm³/mol. The molecule has 0 heterocycles. The molecule has 2 N–H and O–H groups in total. The molecule has 0 saturated carbocycles. The summed E-state index contributed by atoms with van der Waals surface area (Å²) in [4.78, 5) is 12.8. The second-order valence-corrected chi connectivity index (χ2v) is 7.98. The quantitative estimate of drug-likeness (QED) is 0.303. The molecule has 30 heavy (non-hydrogen) atoms. The Morgan fingerprint density at radius 1 is 1.30 bits per heavy atom. The molecular formula is C22H31ClF3NO3. The maximum absolute atomic E-state index is 13.4. The number of benzene rings is 1. The molecule has 0 aliphatic carbocycles. The van der Waals surface area contributed by atoms with Crippen molar-refractivity contribution in [3.8, 4) is 0 Å². The lowest BCUT2D eigenvalue weighted by Gasteiger charge is -2.22. The highest BCUT2D eigenvalue weighted by atomic mass is 35.5. The van der Waals surface area contributed by atoms with Crippen LogP contribution in [0.4, 0.5) is 18.9 Å². The summed E-state index contributed by atoms with van der Waals surface area (Å²) < 4.78 is 45.6. The highest BCUT2D eigenvalue weighted by Gasteiger charge is 2.35. The van der Waals surface area contributed by atoms with Gasteiger partial charge >= 0.3 is 6.18 Å². The van der Waals surface area contributed by atoms with E-state index in [4.69, 9.17) is 16.3 Å². The average molecular weight is 450 g/mol. The first-order valence-electron chi connectivity index (χ1n) is 10.0. The van der Waals surface area contributed by atoms with Gasteiger partial charge in [-0.05, 0) is 49.0 Å². The van der Waals surface area contributed by atoms with E-state index in [1.165, 1.54) is 20.0 Å². The molecule has 0 bridgehead atoms. The zero-order valence-corrected chi connectivity index (χ0v) is 18.7. The van der Waals surface area contributed by atoms with Gasteiger partial charge in [0.2, 0.25) is 0 Å². The van der Waals surface area contributed by atoms with E-state index in [0.29, 0.717) is 17.9 Å². The number of nitrogens with one attached hydrogen (secondary N) is 1. The van der Waals surface area contributed by atoms with Gasteiger partial charge < -0.3 is 15.2 Å². The molecule has 0 saturated heterocycles. The fourth-order valence-corrected chi connectivity index (χ4v) is 3.66. The average Bonchev–Trinajstić information content (AvgIpc) is 2.63. The molecule has 0 aliphatic rings. The first-order valence-corrected chi connectivity index (χ1v) is 10.4. The second kappa shape index (κ2) is 11.7. The van der Waals surface area contributed by atoms with Crippen LogP contribution in [0.1, 0.15) is 57.6 Å². The van der Waals surface area contributed by atoms with Crippen molar-refractivity contribution in [3.63, 3.8) is 0 Å². The number of hydrogen-bond acceptors (Lipinski definition) is 4. The van der Waals surface area contributed by atoms with Crippen molar-refractivity contribution in [2.24, 2.45) is 5.92 Å². The van der Waals surface area contributed by atoms with E-state index < -0.39 is 29.9 Å². The van der Waals surface area contributed by atoms with E-state index >= 15 is 0 Å². The van der Waals surface area contributed by atoms with Gasteiger partial charge in [-0.1, -0.05) is 44.9 Å². The monoisotopic (exact) mass is 449 g/mol. The lowest BCUT2D eigenvalue weighted by Crippen LogP contribution is -2.31. The molecule has 0 radical (unpaired) electrons. The van der Waals surface area contributed by atoms with Crippen LogP contribution in [0.15, 0.2) is 24.3 Å². The van der Waals surface area contributed by atoms with E-state index in [0.717, 1.165) is 25.3 Å². The number of carbonyl (C=O) groups excluding carboxylic acids is 1. The Hall–Kier alpha value is -1.57. The van der Waals surface area contributed by atoms with E-state index in [-0.39, 0.29) is 22.7 Å². The second-order valence-electron chi connectivity index (χ2n) is 7.58. The summed E-state index contributed by atoms with van der Waals surface area (Å²) in [5.41, 5.74) is -0.653. The molecule has 0 fully saturated rings. The minimum atomic E-state index is -4.62. The van der Waals surface area contributed by atoms with Gasteiger partial charge in [-0.25, -0.2) is 0 Å². The zero-order chi connectivity index (χ0) is 23.1. The van der Waals surface area contributed by atoms with Crippen LogP contribution in [0, 0.1) is 5.92 Å². The maximum Gasteiger partial charge on any atom is 0.418 e. The Labute approximate surface area is 181 Å². The van der Waals surface area contributed by atoms with Crippen molar-refractivity contribution in [1.29, 1.82) is 0 Å². The van der Waals surface area contributed by atoms with Crippen molar-refractivity contribution in [2.75, 3.05) is 12.4 Å². The lowest BCUT2D eigenvalue weighted by atomic mass is 9.93. The van der Waals surface area contributed by atoms with Gasteiger partial charge in [0.05, 0.1) is 16.3 Å². The van der Waals surface area contributed by atoms with Gasteiger partial charge in [0.1, 0.15) is 6.10 Å². The molecule has 0 aromatic heterocycles. The van der Waals surface area contributed by atoms with Crippen LogP contribution < -0.4 is 5.32 Å². The van der Waals surface area contributed by atoms with Crippen molar-refractivity contribution in [3.05, 3.63) is 40.4 Å². The van der Waals surface area contributed by atoms with Crippen LogP contribution in [0.3, 0.4) is 0 Å². The van der Waals surface area contributed by atoms with Gasteiger partial charge in [0.15, 0.2) is 12.1 Å². The van der Waals surface area contributed by atoms with Crippen LogP contribution >= 0.6 is 11.6 Å². The van der Waals surface area contributed by atoms with E-state index in [1.807, 2.05) is 0 Å². The van der Waals surface area contributed by atoms with Gasteiger partial charge in [0.25, 0.3) is 0 Å². The Bertz CT molecular complexity index is 735. The number of Topliss-reactive ketones (excluding diaryl/α,β-unsaturated/α-hetero) is 1. The summed E-state index contributed by atoms with van der Waals surface area (Å²) in [6.45, 7) is 9.35. The Balaban J connectivity index is 3.09. The number of rotatable bonds is 12. The lowest BCUT2D eigenvalue weighted by molar-refractivity contribution is -0.150.